The third kappa shape index (κ3) is 4.92. The number of pyridine rings is 1. The summed E-state index contributed by atoms with van der Waals surface area (Å²) in [6.07, 6.45) is 2.85. The lowest BCUT2D eigenvalue weighted by atomic mass is 9.88. The molecule has 1 amide bonds. The van der Waals surface area contributed by atoms with Gasteiger partial charge in [0, 0.05) is 25.2 Å². The van der Waals surface area contributed by atoms with E-state index in [1.165, 1.54) is 28.0 Å². The second-order valence-corrected chi connectivity index (χ2v) is 7.92. The van der Waals surface area contributed by atoms with Crippen molar-refractivity contribution in [2.45, 2.75) is 32.2 Å². The van der Waals surface area contributed by atoms with Gasteiger partial charge in [0.15, 0.2) is 0 Å². The number of amides is 1. The minimum Gasteiger partial charge on any atom is -0.352 e. The number of hydrogen-bond acceptors (Lipinski definition) is 4. The molecule has 4 rings (SSSR count). The van der Waals surface area contributed by atoms with Crippen LogP contribution < -0.4 is 16.6 Å². The van der Waals surface area contributed by atoms with Crippen LogP contribution >= 0.6 is 0 Å². The number of carbonyl (C=O) groups is 1. The molecule has 168 valence electrons. The van der Waals surface area contributed by atoms with Crippen molar-refractivity contribution in [1.29, 1.82) is 0 Å². The molecule has 0 aliphatic carbocycles. The van der Waals surface area contributed by atoms with Crippen LogP contribution in [0.1, 0.15) is 47.2 Å². The lowest BCUT2D eigenvalue weighted by Gasteiger charge is -2.18. The number of benzene rings is 2. The quantitative estimate of drug-likeness (QED) is 0.437. The fourth-order valence-corrected chi connectivity index (χ4v) is 4.05. The second-order valence-electron chi connectivity index (χ2n) is 7.92. The molecule has 0 saturated carbocycles. The molecule has 0 aliphatic rings. The van der Waals surface area contributed by atoms with Gasteiger partial charge in [0.2, 0.25) is 0 Å². The van der Waals surface area contributed by atoms with E-state index in [0.29, 0.717) is 13.1 Å². The summed E-state index contributed by atoms with van der Waals surface area (Å²) in [5, 5.41) is 3.17. The molecule has 7 heteroatoms. The molecule has 0 atom stereocenters. The molecule has 4 aromatic rings. The number of nitrogens with one attached hydrogen (secondary N) is 2. The maximum atomic E-state index is 12.8. The summed E-state index contributed by atoms with van der Waals surface area (Å²) >= 11 is 0. The van der Waals surface area contributed by atoms with E-state index in [2.05, 4.69) is 39.6 Å². The van der Waals surface area contributed by atoms with Gasteiger partial charge in [-0.3, -0.25) is 19.1 Å². The summed E-state index contributed by atoms with van der Waals surface area (Å²) in [6.45, 7) is 2.82. The Morgan fingerprint density at radius 2 is 1.67 bits per heavy atom. The molecule has 33 heavy (non-hydrogen) atoms. The minimum atomic E-state index is -0.544. The van der Waals surface area contributed by atoms with Crippen molar-refractivity contribution < 1.29 is 4.79 Å². The Kier molecular flexibility index (Phi) is 6.78. The van der Waals surface area contributed by atoms with Gasteiger partial charge < -0.3 is 5.32 Å². The van der Waals surface area contributed by atoms with Crippen molar-refractivity contribution in [3.05, 3.63) is 110 Å². The van der Waals surface area contributed by atoms with Crippen LogP contribution in [0.4, 0.5) is 0 Å². The summed E-state index contributed by atoms with van der Waals surface area (Å²) in [6, 6.07) is 21.9. The van der Waals surface area contributed by atoms with Gasteiger partial charge in [-0.2, -0.15) is 0 Å². The van der Waals surface area contributed by atoms with E-state index in [0.717, 1.165) is 12.8 Å². The third-order valence-electron chi connectivity index (χ3n) is 5.66. The molecule has 0 radical (unpaired) electrons. The van der Waals surface area contributed by atoms with Gasteiger partial charge in [-0.1, -0.05) is 67.6 Å². The highest BCUT2D eigenvalue weighted by molar-refractivity contribution is 5.96. The highest BCUT2D eigenvalue weighted by atomic mass is 16.2. The molecule has 2 aromatic carbocycles. The fraction of sp³-hybridized carbons (Fsp3) is 0.231. The third-order valence-corrected chi connectivity index (χ3v) is 5.66. The molecule has 0 bridgehead atoms. The maximum absolute atomic E-state index is 12.8. The standard InChI is InChI=1S/C26H26N4O3/c1-2-15-30-23-22(25(32)29-26(30)33)16-20(17-28-23)24(31)27-14-13-21(18-9-5-3-6-10-18)19-11-7-4-8-12-19/h3-12,16-17,21H,2,13-15H2,1H3,(H,27,31)(H,29,32,33). The first kappa shape index (κ1) is 22.2. The Labute approximate surface area is 191 Å². The number of aromatic nitrogens is 3. The molecule has 0 unspecified atom stereocenters. The average molecular weight is 443 g/mol. The molecule has 7 nitrogen and oxygen atoms in total. The Morgan fingerprint density at radius 1 is 1.03 bits per heavy atom. The Bertz CT molecular complexity index is 1320. The minimum absolute atomic E-state index is 0.147. The predicted molar refractivity (Wildman–Crippen MR) is 129 cm³/mol. The van der Waals surface area contributed by atoms with E-state index < -0.39 is 11.2 Å². The molecule has 0 spiro atoms. The van der Waals surface area contributed by atoms with Crippen molar-refractivity contribution in [1.82, 2.24) is 19.9 Å². The predicted octanol–water partition coefficient (Wildman–Crippen LogP) is 3.45. The highest BCUT2D eigenvalue weighted by Crippen LogP contribution is 2.27. The number of aromatic amines is 1. The summed E-state index contributed by atoms with van der Waals surface area (Å²) in [5.41, 5.74) is 1.90. The van der Waals surface area contributed by atoms with E-state index in [-0.39, 0.29) is 28.4 Å². The van der Waals surface area contributed by atoms with Crippen molar-refractivity contribution in [2.75, 3.05) is 6.54 Å². The van der Waals surface area contributed by atoms with Crippen LogP contribution in [0, 0.1) is 0 Å². The van der Waals surface area contributed by atoms with E-state index in [1.54, 1.807) is 0 Å². The van der Waals surface area contributed by atoms with Gasteiger partial charge in [0.25, 0.3) is 11.5 Å². The summed E-state index contributed by atoms with van der Waals surface area (Å²) in [5.74, 6) is -0.161. The van der Waals surface area contributed by atoms with Crippen molar-refractivity contribution >= 4 is 16.9 Å². The van der Waals surface area contributed by atoms with Crippen LogP contribution in [0.15, 0.2) is 82.5 Å². The maximum Gasteiger partial charge on any atom is 0.329 e. The van der Waals surface area contributed by atoms with Gasteiger partial charge in [-0.15, -0.1) is 0 Å². The van der Waals surface area contributed by atoms with Crippen LogP contribution in [0.5, 0.6) is 0 Å². The summed E-state index contributed by atoms with van der Waals surface area (Å²) in [4.78, 5) is 43.8. The van der Waals surface area contributed by atoms with Gasteiger partial charge in [-0.05, 0) is 30.0 Å². The topological polar surface area (TPSA) is 96.9 Å². The number of aryl methyl sites for hydroxylation is 1. The molecular weight excluding hydrogens is 416 g/mol. The highest BCUT2D eigenvalue weighted by Gasteiger charge is 2.16. The molecular formula is C26H26N4O3. The molecule has 2 N–H and O–H groups in total. The van der Waals surface area contributed by atoms with Gasteiger partial charge >= 0.3 is 5.69 Å². The molecule has 2 heterocycles. The number of hydrogen-bond donors (Lipinski definition) is 2. The second kappa shape index (κ2) is 10.1. The van der Waals surface area contributed by atoms with Crippen LogP contribution in [-0.4, -0.2) is 27.0 Å². The molecule has 0 aliphatic heterocycles. The zero-order chi connectivity index (χ0) is 23.2. The van der Waals surface area contributed by atoms with Crippen LogP contribution in [0.2, 0.25) is 0 Å². The SMILES string of the molecule is CCCn1c(=O)[nH]c(=O)c2cc(C(=O)NCCC(c3ccccc3)c3ccccc3)cnc21. The molecule has 0 saturated heterocycles. The Balaban J connectivity index is 1.52. The van der Waals surface area contributed by atoms with Crippen LogP contribution in [-0.2, 0) is 6.54 Å². The zero-order valence-electron chi connectivity index (χ0n) is 18.5. The van der Waals surface area contributed by atoms with Gasteiger partial charge in [0.05, 0.1) is 10.9 Å². The first-order valence-corrected chi connectivity index (χ1v) is 11.1. The monoisotopic (exact) mass is 442 g/mol. The summed E-state index contributed by atoms with van der Waals surface area (Å²) < 4.78 is 1.42. The van der Waals surface area contributed by atoms with Crippen molar-refractivity contribution in [3.63, 3.8) is 0 Å². The first-order valence-electron chi connectivity index (χ1n) is 11.1. The molecule has 2 aromatic heterocycles. The van der Waals surface area contributed by atoms with E-state index in [4.69, 9.17) is 0 Å². The largest absolute Gasteiger partial charge is 0.352 e. The Hall–Kier alpha value is -4.00. The normalized spacial score (nSPS) is 11.1. The van der Waals surface area contributed by atoms with E-state index in [1.807, 2.05) is 43.3 Å². The lowest BCUT2D eigenvalue weighted by Crippen LogP contribution is -2.31. The van der Waals surface area contributed by atoms with Gasteiger partial charge in [0.1, 0.15) is 5.65 Å². The number of fused-ring (bicyclic) bond motifs is 1. The van der Waals surface area contributed by atoms with Crippen molar-refractivity contribution in [3.8, 4) is 0 Å². The van der Waals surface area contributed by atoms with E-state index in [9.17, 15) is 14.4 Å². The van der Waals surface area contributed by atoms with E-state index >= 15 is 0 Å². The molecule has 0 fully saturated rings. The average Bonchev–Trinajstić information content (AvgIpc) is 2.85. The first-order chi connectivity index (χ1) is 16.1. The number of H-pyrrole nitrogens is 1. The van der Waals surface area contributed by atoms with Crippen LogP contribution in [0.25, 0.3) is 11.0 Å². The zero-order valence-corrected chi connectivity index (χ0v) is 18.5. The number of nitrogens with zero attached hydrogens (tertiary/aromatic N) is 2. The van der Waals surface area contributed by atoms with Crippen molar-refractivity contribution in [2.24, 2.45) is 0 Å². The lowest BCUT2D eigenvalue weighted by molar-refractivity contribution is 0.0952. The summed E-state index contributed by atoms with van der Waals surface area (Å²) in [7, 11) is 0. The number of rotatable bonds is 8. The number of carbonyl (C=O) groups excluding carboxylic acids is 1. The van der Waals surface area contributed by atoms with Crippen LogP contribution in [0.3, 0.4) is 0 Å². The van der Waals surface area contributed by atoms with Gasteiger partial charge in [-0.25, -0.2) is 9.78 Å². The fourth-order valence-electron chi connectivity index (χ4n) is 4.05. The Morgan fingerprint density at radius 3 is 2.27 bits per heavy atom. The smallest absolute Gasteiger partial charge is 0.329 e.